The van der Waals surface area contributed by atoms with E-state index in [9.17, 15) is 8.78 Å². The van der Waals surface area contributed by atoms with Crippen LogP contribution in [0.25, 0.3) is 0 Å². The molecule has 3 rings (SSSR count). The Kier molecular flexibility index (Phi) is 4.43. The van der Waals surface area contributed by atoms with Gasteiger partial charge in [0, 0.05) is 31.7 Å². The Morgan fingerprint density at radius 2 is 1.86 bits per heavy atom. The molecular weight excluding hydrogens is 270 g/mol. The molecule has 1 aliphatic carbocycles. The molecule has 2 nitrogen and oxygen atoms in total. The van der Waals surface area contributed by atoms with Crippen LogP contribution in [0.2, 0.25) is 0 Å². The number of anilines is 1. The highest BCUT2D eigenvalue weighted by atomic mass is 19.1. The van der Waals surface area contributed by atoms with Gasteiger partial charge in [-0.15, -0.1) is 0 Å². The fourth-order valence-corrected chi connectivity index (χ4v) is 3.73. The van der Waals surface area contributed by atoms with Crippen LogP contribution in [-0.4, -0.2) is 25.7 Å². The van der Waals surface area contributed by atoms with Gasteiger partial charge in [0.2, 0.25) is 0 Å². The Bertz CT molecular complexity index is 498. The molecule has 1 unspecified atom stereocenters. The van der Waals surface area contributed by atoms with Crippen LogP contribution in [0.3, 0.4) is 0 Å². The van der Waals surface area contributed by atoms with Gasteiger partial charge in [-0.25, -0.2) is 8.78 Å². The first-order valence-corrected chi connectivity index (χ1v) is 8.09. The van der Waals surface area contributed by atoms with E-state index in [1.54, 1.807) is 6.92 Å². The van der Waals surface area contributed by atoms with Crippen LogP contribution in [0.15, 0.2) is 12.1 Å². The molecule has 0 amide bonds. The summed E-state index contributed by atoms with van der Waals surface area (Å²) >= 11 is 0. The van der Waals surface area contributed by atoms with E-state index in [1.807, 2.05) is 4.90 Å². The molecule has 2 aliphatic rings. The lowest BCUT2D eigenvalue weighted by Crippen LogP contribution is -2.54. The van der Waals surface area contributed by atoms with E-state index >= 15 is 0 Å². The molecule has 1 saturated heterocycles. The number of aryl methyl sites for hydroxylation is 1. The molecule has 1 aromatic carbocycles. The van der Waals surface area contributed by atoms with Crippen molar-refractivity contribution >= 4 is 5.69 Å². The van der Waals surface area contributed by atoms with Gasteiger partial charge in [0.25, 0.3) is 0 Å². The van der Waals surface area contributed by atoms with Gasteiger partial charge in [-0.3, -0.25) is 0 Å². The second kappa shape index (κ2) is 6.30. The van der Waals surface area contributed by atoms with E-state index in [-0.39, 0.29) is 11.6 Å². The lowest BCUT2D eigenvalue weighted by Gasteiger charge is -2.40. The van der Waals surface area contributed by atoms with Gasteiger partial charge < -0.3 is 10.2 Å². The van der Waals surface area contributed by atoms with Crippen molar-refractivity contribution in [1.29, 1.82) is 0 Å². The van der Waals surface area contributed by atoms with Crippen molar-refractivity contribution in [3.8, 4) is 0 Å². The smallest absolute Gasteiger partial charge is 0.146 e. The number of piperazine rings is 1. The lowest BCUT2D eigenvalue weighted by molar-refractivity contribution is 0.256. The van der Waals surface area contributed by atoms with Crippen LogP contribution in [0.4, 0.5) is 14.5 Å². The summed E-state index contributed by atoms with van der Waals surface area (Å²) in [6, 6.07) is 3.07. The van der Waals surface area contributed by atoms with Crippen molar-refractivity contribution < 1.29 is 8.78 Å². The minimum Gasteiger partial charge on any atom is -0.366 e. The molecule has 1 aliphatic heterocycles. The van der Waals surface area contributed by atoms with Gasteiger partial charge in [0.05, 0.1) is 5.69 Å². The quantitative estimate of drug-likeness (QED) is 0.896. The summed E-state index contributed by atoms with van der Waals surface area (Å²) in [4.78, 5) is 2.01. The molecule has 1 N–H and O–H groups in total. The van der Waals surface area contributed by atoms with Crippen LogP contribution in [0.1, 0.15) is 37.7 Å². The van der Waals surface area contributed by atoms with E-state index in [1.165, 1.54) is 44.2 Å². The van der Waals surface area contributed by atoms with Crippen LogP contribution >= 0.6 is 0 Å². The van der Waals surface area contributed by atoms with Crippen LogP contribution in [0, 0.1) is 24.5 Å². The molecule has 1 aromatic rings. The van der Waals surface area contributed by atoms with E-state index in [0.29, 0.717) is 23.2 Å². The Hall–Kier alpha value is -1.16. The van der Waals surface area contributed by atoms with Crippen molar-refractivity contribution in [2.75, 3.05) is 24.5 Å². The van der Waals surface area contributed by atoms with E-state index < -0.39 is 0 Å². The minimum atomic E-state index is -0.320. The number of nitrogens with one attached hydrogen (secondary N) is 1. The van der Waals surface area contributed by atoms with E-state index in [2.05, 4.69) is 5.32 Å². The van der Waals surface area contributed by atoms with Crippen LogP contribution in [-0.2, 0) is 0 Å². The number of hydrogen-bond acceptors (Lipinski definition) is 2. The summed E-state index contributed by atoms with van der Waals surface area (Å²) in [5.41, 5.74) is 0.788. The summed E-state index contributed by atoms with van der Waals surface area (Å²) in [5, 5.41) is 3.58. The maximum atomic E-state index is 14.2. The number of benzene rings is 1. The van der Waals surface area contributed by atoms with E-state index in [4.69, 9.17) is 0 Å². The molecular formula is C17H24F2N2. The fraction of sp³-hybridized carbons (Fsp3) is 0.647. The average molecular weight is 294 g/mol. The number of nitrogens with zero attached hydrogens (tertiary/aromatic N) is 1. The topological polar surface area (TPSA) is 15.3 Å². The van der Waals surface area contributed by atoms with Gasteiger partial charge >= 0.3 is 0 Å². The van der Waals surface area contributed by atoms with Gasteiger partial charge in [-0.1, -0.05) is 19.3 Å². The van der Waals surface area contributed by atoms with Gasteiger partial charge in [0.1, 0.15) is 11.6 Å². The highest BCUT2D eigenvalue weighted by Crippen LogP contribution is 2.30. The molecule has 1 saturated carbocycles. The van der Waals surface area contributed by atoms with Crippen molar-refractivity contribution in [3.63, 3.8) is 0 Å². The zero-order chi connectivity index (χ0) is 14.8. The van der Waals surface area contributed by atoms with Gasteiger partial charge in [-0.05, 0) is 37.3 Å². The first kappa shape index (κ1) is 14.8. The molecule has 0 bridgehead atoms. The second-order valence-electron chi connectivity index (χ2n) is 6.46. The van der Waals surface area contributed by atoms with Gasteiger partial charge in [0.15, 0.2) is 0 Å². The van der Waals surface area contributed by atoms with Crippen molar-refractivity contribution in [2.24, 2.45) is 5.92 Å². The maximum absolute atomic E-state index is 14.2. The van der Waals surface area contributed by atoms with Crippen molar-refractivity contribution in [3.05, 3.63) is 29.3 Å². The maximum Gasteiger partial charge on any atom is 0.146 e. The highest BCUT2D eigenvalue weighted by Gasteiger charge is 2.29. The molecule has 0 radical (unpaired) electrons. The summed E-state index contributed by atoms with van der Waals surface area (Å²) < 4.78 is 27.9. The fourth-order valence-electron chi connectivity index (χ4n) is 3.73. The Morgan fingerprint density at radius 3 is 2.62 bits per heavy atom. The number of rotatable bonds is 2. The highest BCUT2D eigenvalue weighted by molar-refractivity contribution is 5.50. The third kappa shape index (κ3) is 3.20. The molecule has 21 heavy (non-hydrogen) atoms. The zero-order valence-corrected chi connectivity index (χ0v) is 12.7. The molecule has 0 spiro atoms. The van der Waals surface area contributed by atoms with Gasteiger partial charge in [-0.2, -0.15) is 0 Å². The first-order chi connectivity index (χ1) is 10.1. The standard InChI is InChI=1S/C17H24F2N2/c1-12-9-15(19)17(10-14(12)18)21-8-7-20-16(11-21)13-5-3-2-4-6-13/h9-10,13,16,20H,2-8,11H2,1H3. The summed E-state index contributed by atoms with van der Waals surface area (Å²) in [6.07, 6.45) is 6.46. The minimum absolute atomic E-state index is 0.307. The third-order valence-corrected chi connectivity index (χ3v) is 4.99. The number of hydrogen-bond donors (Lipinski definition) is 1. The average Bonchev–Trinajstić information content (AvgIpc) is 2.52. The summed E-state index contributed by atoms with van der Waals surface area (Å²) in [5.74, 6) is 0.0530. The Balaban J connectivity index is 1.75. The third-order valence-electron chi connectivity index (χ3n) is 4.99. The predicted molar refractivity (Wildman–Crippen MR) is 81.7 cm³/mol. The normalized spacial score (nSPS) is 24.3. The number of halogens is 2. The SMILES string of the molecule is Cc1cc(F)c(N2CCNC(C3CCCCC3)C2)cc1F. The molecule has 116 valence electrons. The lowest BCUT2D eigenvalue weighted by atomic mass is 9.83. The van der Waals surface area contributed by atoms with E-state index in [0.717, 1.165) is 19.6 Å². The molecule has 1 atom stereocenters. The molecule has 4 heteroatoms. The van der Waals surface area contributed by atoms with Crippen LogP contribution < -0.4 is 10.2 Å². The molecule has 0 aromatic heterocycles. The van der Waals surface area contributed by atoms with Crippen LogP contribution in [0.5, 0.6) is 0 Å². The van der Waals surface area contributed by atoms with Crippen molar-refractivity contribution in [1.82, 2.24) is 5.32 Å². The first-order valence-electron chi connectivity index (χ1n) is 8.09. The zero-order valence-electron chi connectivity index (χ0n) is 12.7. The van der Waals surface area contributed by atoms with Crippen molar-refractivity contribution in [2.45, 2.75) is 45.1 Å². The monoisotopic (exact) mass is 294 g/mol. The summed E-state index contributed by atoms with van der Waals surface area (Å²) in [6.45, 7) is 3.97. The summed E-state index contributed by atoms with van der Waals surface area (Å²) in [7, 11) is 0. The Morgan fingerprint density at radius 1 is 1.10 bits per heavy atom. The largest absolute Gasteiger partial charge is 0.366 e. The molecule has 2 fully saturated rings. The second-order valence-corrected chi connectivity index (χ2v) is 6.46. The molecule has 1 heterocycles. The predicted octanol–water partition coefficient (Wildman–Crippen LogP) is 3.63. The Labute approximate surface area is 125 Å².